The highest BCUT2D eigenvalue weighted by atomic mass is 35.5. The first-order chi connectivity index (χ1) is 9.69. The second-order valence-corrected chi connectivity index (χ2v) is 6.79. The van der Waals surface area contributed by atoms with Crippen molar-refractivity contribution in [3.8, 4) is 0 Å². The molecule has 0 aromatic carbocycles. The standard InChI is InChI=1S/C15H19ClN4/c1-9(13-7-10-2-3-11(13)6-10)17-15-18-14-5-4-12(16)8-20(14)19-15/h4-5,8-11,13H,2-3,6-7H2,1H3,(H,17,19). The highest BCUT2D eigenvalue weighted by molar-refractivity contribution is 6.30. The molecule has 2 aliphatic rings. The SMILES string of the molecule is CC(Nc1nc2ccc(Cl)cn2n1)C1CC2CCC1C2. The Morgan fingerprint density at radius 1 is 1.35 bits per heavy atom. The van der Waals surface area contributed by atoms with E-state index in [1.165, 1.54) is 25.7 Å². The van der Waals surface area contributed by atoms with Gasteiger partial charge in [0, 0.05) is 12.2 Å². The van der Waals surface area contributed by atoms with E-state index >= 15 is 0 Å². The van der Waals surface area contributed by atoms with Crippen molar-refractivity contribution in [3.63, 3.8) is 0 Å². The van der Waals surface area contributed by atoms with Crippen molar-refractivity contribution < 1.29 is 0 Å². The molecule has 2 heterocycles. The van der Waals surface area contributed by atoms with Crippen molar-refractivity contribution in [3.05, 3.63) is 23.4 Å². The van der Waals surface area contributed by atoms with Crippen LogP contribution in [0.1, 0.15) is 32.6 Å². The summed E-state index contributed by atoms with van der Waals surface area (Å²) in [5.74, 6) is 3.38. The number of anilines is 1. The first-order valence-electron chi connectivity index (χ1n) is 7.47. The highest BCUT2D eigenvalue weighted by Crippen LogP contribution is 2.49. The summed E-state index contributed by atoms with van der Waals surface area (Å²) >= 11 is 5.97. The molecule has 0 aliphatic heterocycles. The van der Waals surface area contributed by atoms with Crippen LogP contribution in [0, 0.1) is 17.8 Å². The molecule has 0 spiro atoms. The van der Waals surface area contributed by atoms with Crippen molar-refractivity contribution in [1.29, 1.82) is 0 Å². The molecule has 4 rings (SSSR count). The zero-order valence-electron chi connectivity index (χ0n) is 11.6. The molecule has 2 fully saturated rings. The molecular formula is C15H19ClN4. The number of pyridine rings is 1. The normalized spacial score (nSPS) is 30.0. The maximum Gasteiger partial charge on any atom is 0.243 e. The Labute approximate surface area is 123 Å². The summed E-state index contributed by atoms with van der Waals surface area (Å²) in [7, 11) is 0. The monoisotopic (exact) mass is 290 g/mol. The van der Waals surface area contributed by atoms with Crippen LogP contribution >= 0.6 is 11.6 Å². The molecule has 106 valence electrons. The van der Waals surface area contributed by atoms with Gasteiger partial charge in [-0.25, -0.2) is 4.52 Å². The van der Waals surface area contributed by atoms with Gasteiger partial charge < -0.3 is 5.32 Å². The second-order valence-electron chi connectivity index (χ2n) is 6.36. The minimum Gasteiger partial charge on any atom is -0.350 e. The number of fused-ring (bicyclic) bond motifs is 3. The van der Waals surface area contributed by atoms with Crippen molar-refractivity contribution in [2.24, 2.45) is 17.8 Å². The number of nitrogens with zero attached hydrogens (tertiary/aromatic N) is 3. The summed E-state index contributed by atoms with van der Waals surface area (Å²) in [5, 5.41) is 8.62. The first-order valence-corrected chi connectivity index (χ1v) is 7.85. The minimum absolute atomic E-state index is 0.443. The zero-order valence-corrected chi connectivity index (χ0v) is 12.3. The summed E-state index contributed by atoms with van der Waals surface area (Å²) in [6.07, 6.45) is 7.45. The van der Waals surface area contributed by atoms with E-state index in [9.17, 15) is 0 Å². The summed E-state index contributed by atoms with van der Waals surface area (Å²) < 4.78 is 1.73. The third-order valence-corrected chi connectivity index (χ3v) is 5.31. The lowest BCUT2D eigenvalue weighted by atomic mass is 9.84. The Bertz CT molecular complexity index is 638. The van der Waals surface area contributed by atoms with Crippen LogP contribution in [0.4, 0.5) is 5.95 Å². The molecular weight excluding hydrogens is 272 g/mol. The number of halogens is 1. The highest BCUT2D eigenvalue weighted by Gasteiger charge is 2.41. The van der Waals surface area contributed by atoms with E-state index in [0.29, 0.717) is 17.0 Å². The van der Waals surface area contributed by atoms with Crippen LogP contribution in [0.15, 0.2) is 18.3 Å². The lowest BCUT2D eigenvalue weighted by Crippen LogP contribution is -2.30. The van der Waals surface area contributed by atoms with Gasteiger partial charge in [0.2, 0.25) is 5.95 Å². The van der Waals surface area contributed by atoms with Gasteiger partial charge in [0.15, 0.2) is 5.65 Å². The van der Waals surface area contributed by atoms with Gasteiger partial charge in [-0.1, -0.05) is 18.0 Å². The molecule has 2 aromatic rings. The molecule has 20 heavy (non-hydrogen) atoms. The van der Waals surface area contributed by atoms with Crippen LogP contribution in [0.2, 0.25) is 5.02 Å². The Balaban J connectivity index is 1.52. The average molecular weight is 291 g/mol. The maximum absolute atomic E-state index is 5.97. The molecule has 5 heteroatoms. The Morgan fingerprint density at radius 2 is 2.25 bits per heavy atom. The topological polar surface area (TPSA) is 42.2 Å². The van der Waals surface area contributed by atoms with E-state index in [0.717, 1.165) is 23.4 Å². The summed E-state index contributed by atoms with van der Waals surface area (Å²) in [6.45, 7) is 2.27. The Kier molecular flexibility index (Phi) is 2.88. The molecule has 0 amide bonds. The van der Waals surface area contributed by atoms with E-state index < -0.39 is 0 Å². The number of hydrogen-bond acceptors (Lipinski definition) is 3. The fourth-order valence-electron chi connectivity index (χ4n) is 4.14. The van der Waals surface area contributed by atoms with Crippen LogP contribution in [0.25, 0.3) is 5.65 Å². The predicted molar refractivity (Wildman–Crippen MR) is 80.0 cm³/mol. The minimum atomic E-state index is 0.443. The van der Waals surface area contributed by atoms with Gasteiger partial charge >= 0.3 is 0 Å². The van der Waals surface area contributed by atoms with Gasteiger partial charge in [-0.2, -0.15) is 4.98 Å². The largest absolute Gasteiger partial charge is 0.350 e. The molecule has 1 N–H and O–H groups in total. The van der Waals surface area contributed by atoms with Crippen LogP contribution in [-0.2, 0) is 0 Å². The number of aromatic nitrogens is 3. The Hall–Kier alpha value is -1.29. The lowest BCUT2D eigenvalue weighted by molar-refractivity contribution is 0.303. The predicted octanol–water partition coefficient (Wildman–Crippen LogP) is 3.62. The van der Waals surface area contributed by atoms with Crippen LogP contribution in [-0.4, -0.2) is 20.6 Å². The van der Waals surface area contributed by atoms with Gasteiger partial charge in [-0.3, -0.25) is 0 Å². The summed E-state index contributed by atoms with van der Waals surface area (Å²) in [5.41, 5.74) is 0.831. The molecule has 2 aromatic heterocycles. The second kappa shape index (κ2) is 4.62. The number of hydrogen-bond donors (Lipinski definition) is 1. The van der Waals surface area contributed by atoms with Crippen molar-refractivity contribution in [2.45, 2.75) is 38.6 Å². The smallest absolute Gasteiger partial charge is 0.243 e. The average Bonchev–Trinajstić information content (AvgIpc) is 3.11. The zero-order chi connectivity index (χ0) is 13.7. The fraction of sp³-hybridized carbons (Fsp3) is 0.600. The molecule has 4 nitrogen and oxygen atoms in total. The van der Waals surface area contributed by atoms with Crippen LogP contribution in [0.5, 0.6) is 0 Å². The molecule has 4 unspecified atom stereocenters. The van der Waals surface area contributed by atoms with Crippen molar-refractivity contribution >= 4 is 23.2 Å². The fourth-order valence-corrected chi connectivity index (χ4v) is 4.29. The Morgan fingerprint density at radius 3 is 3.00 bits per heavy atom. The van der Waals surface area contributed by atoms with E-state index in [-0.39, 0.29) is 0 Å². The van der Waals surface area contributed by atoms with E-state index in [1.54, 1.807) is 10.7 Å². The molecule has 2 bridgehead atoms. The maximum atomic E-state index is 5.97. The van der Waals surface area contributed by atoms with Crippen molar-refractivity contribution in [1.82, 2.24) is 14.6 Å². The van der Waals surface area contributed by atoms with E-state index in [2.05, 4.69) is 22.3 Å². The molecule has 0 radical (unpaired) electrons. The lowest BCUT2D eigenvalue weighted by Gasteiger charge is -2.28. The molecule has 4 atom stereocenters. The number of nitrogens with one attached hydrogen (secondary N) is 1. The first kappa shape index (κ1) is 12.5. The van der Waals surface area contributed by atoms with Gasteiger partial charge in [-0.05, 0) is 56.1 Å². The van der Waals surface area contributed by atoms with Gasteiger partial charge in [-0.15, -0.1) is 5.10 Å². The van der Waals surface area contributed by atoms with Crippen LogP contribution < -0.4 is 5.32 Å². The molecule has 0 saturated heterocycles. The van der Waals surface area contributed by atoms with E-state index in [4.69, 9.17) is 11.6 Å². The third-order valence-electron chi connectivity index (χ3n) is 5.09. The van der Waals surface area contributed by atoms with Gasteiger partial charge in [0.05, 0.1) is 5.02 Å². The quantitative estimate of drug-likeness (QED) is 0.939. The van der Waals surface area contributed by atoms with E-state index in [1.807, 2.05) is 12.1 Å². The van der Waals surface area contributed by atoms with Crippen molar-refractivity contribution in [2.75, 3.05) is 5.32 Å². The van der Waals surface area contributed by atoms with Gasteiger partial charge in [0.1, 0.15) is 0 Å². The molecule has 2 aliphatic carbocycles. The molecule has 2 saturated carbocycles. The van der Waals surface area contributed by atoms with Gasteiger partial charge in [0.25, 0.3) is 0 Å². The number of rotatable bonds is 3. The summed E-state index contributed by atoms with van der Waals surface area (Å²) in [6, 6.07) is 4.18. The summed E-state index contributed by atoms with van der Waals surface area (Å²) in [4.78, 5) is 4.51. The third kappa shape index (κ3) is 2.06. The van der Waals surface area contributed by atoms with Crippen LogP contribution in [0.3, 0.4) is 0 Å².